The van der Waals surface area contributed by atoms with Crippen molar-refractivity contribution in [3.8, 4) is 23.0 Å². The van der Waals surface area contributed by atoms with E-state index in [0.29, 0.717) is 34.4 Å². The number of pyridine rings is 1. The van der Waals surface area contributed by atoms with Crippen molar-refractivity contribution in [1.29, 1.82) is 0 Å². The second kappa shape index (κ2) is 9.23. The summed E-state index contributed by atoms with van der Waals surface area (Å²) in [7, 11) is 1.53. The van der Waals surface area contributed by atoms with Crippen LogP contribution in [-0.4, -0.2) is 36.4 Å². The number of rotatable bonds is 8. The highest BCUT2D eigenvalue weighted by Gasteiger charge is 2.15. The topological polar surface area (TPSA) is 91.8 Å². The minimum absolute atomic E-state index is 0.174. The number of nitrogens with zero attached hydrogens (tertiary/aromatic N) is 2. The van der Waals surface area contributed by atoms with Crippen molar-refractivity contribution < 1.29 is 23.7 Å². The van der Waals surface area contributed by atoms with Crippen molar-refractivity contribution in [2.75, 3.05) is 25.8 Å². The summed E-state index contributed by atoms with van der Waals surface area (Å²) in [6.45, 7) is 1.97. The third-order valence-electron chi connectivity index (χ3n) is 4.06. The summed E-state index contributed by atoms with van der Waals surface area (Å²) in [6.07, 6.45) is 1.59. The number of methoxy groups -OCH3 is 1. The highest BCUT2D eigenvalue weighted by atomic mass is 32.2. The van der Waals surface area contributed by atoms with Crippen LogP contribution in [0.1, 0.15) is 11.4 Å². The third kappa shape index (κ3) is 4.95. The summed E-state index contributed by atoms with van der Waals surface area (Å²) in [4.78, 5) is 21.1. The molecule has 1 N–H and O–H groups in total. The first kappa shape index (κ1) is 20.3. The number of benzene rings is 1. The molecule has 0 unspecified atom stereocenters. The number of carbonyl (C=O) groups is 1. The summed E-state index contributed by atoms with van der Waals surface area (Å²) in [5.74, 6) is 2.51. The molecule has 30 heavy (non-hydrogen) atoms. The molecule has 0 atom stereocenters. The van der Waals surface area contributed by atoms with Gasteiger partial charge in [0.15, 0.2) is 29.6 Å². The van der Waals surface area contributed by atoms with Gasteiger partial charge in [0.2, 0.25) is 6.79 Å². The number of amides is 1. The smallest absolute Gasteiger partial charge is 0.262 e. The quantitative estimate of drug-likeness (QED) is 0.522. The first-order chi connectivity index (χ1) is 14.6. The van der Waals surface area contributed by atoms with Gasteiger partial charge in [0.1, 0.15) is 4.34 Å². The second-order valence-electron chi connectivity index (χ2n) is 6.27. The number of aromatic nitrogens is 2. The average molecular weight is 446 g/mol. The predicted octanol–water partition coefficient (Wildman–Crippen LogP) is 3.89. The molecule has 4 rings (SSSR count). The Morgan fingerprint density at radius 2 is 2.13 bits per heavy atom. The summed E-state index contributed by atoms with van der Waals surface area (Å²) >= 11 is 3.20. The molecular weight excluding hydrogens is 426 g/mol. The third-order valence-corrected chi connectivity index (χ3v) is 6.24. The number of carbonyl (C=O) groups excluding carboxylic acids is 1. The van der Waals surface area contributed by atoms with E-state index < -0.39 is 0 Å². The van der Waals surface area contributed by atoms with Crippen molar-refractivity contribution >= 4 is 34.7 Å². The van der Waals surface area contributed by atoms with Crippen LogP contribution in [-0.2, 0) is 10.5 Å². The Hall–Kier alpha value is -2.98. The highest BCUT2D eigenvalue weighted by Crippen LogP contribution is 2.34. The minimum atomic E-state index is -0.304. The van der Waals surface area contributed by atoms with Gasteiger partial charge in [-0.15, -0.1) is 11.3 Å². The number of thioether (sulfide) groups is 1. The maximum atomic E-state index is 12.3. The molecule has 0 saturated heterocycles. The van der Waals surface area contributed by atoms with Gasteiger partial charge in [-0.05, 0) is 19.1 Å². The van der Waals surface area contributed by atoms with Gasteiger partial charge in [-0.25, -0.2) is 4.98 Å². The van der Waals surface area contributed by atoms with E-state index in [1.165, 1.54) is 7.11 Å². The van der Waals surface area contributed by atoms with E-state index in [9.17, 15) is 4.79 Å². The second-order valence-corrected chi connectivity index (χ2v) is 8.36. The first-order valence-corrected chi connectivity index (χ1v) is 10.9. The van der Waals surface area contributed by atoms with Crippen LogP contribution in [0, 0.1) is 6.92 Å². The lowest BCUT2D eigenvalue weighted by Crippen LogP contribution is -2.20. The van der Waals surface area contributed by atoms with E-state index in [4.69, 9.17) is 18.9 Å². The molecular formula is C20H19N3O5S2. The molecule has 0 aliphatic carbocycles. The van der Waals surface area contributed by atoms with Crippen LogP contribution in [0.25, 0.3) is 0 Å². The number of thiazole rings is 1. The van der Waals surface area contributed by atoms with Gasteiger partial charge in [-0.3, -0.25) is 9.78 Å². The fourth-order valence-electron chi connectivity index (χ4n) is 2.66. The van der Waals surface area contributed by atoms with Crippen molar-refractivity contribution in [2.45, 2.75) is 17.0 Å². The summed E-state index contributed by atoms with van der Waals surface area (Å²) in [5, 5.41) is 4.79. The minimum Gasteiger partial charge on any atom is -0.491 e. The van der Waals surface area contributed by atoms with Gasteiger partial charge in [-0.2, -0.15) is 0 Å². The number of aryl methyl sites for hydroxylation is 1. The number of nitrogens with one attached hydrogen (secondary N) is 1. The number of hydrogen-bond donors (Lipinski definition) is 1. The van der Waals surface area contributed by atoms with E-state index in [2.05, 4.69) is 15.3 Å². The van der Waals surface area contributed by atoms with Gasteiger partial charge < -0.3 is 24.3 Å². The van der Waals surface area contributed by atoms with Crippen LogP contribution in [0.15, 0.2) is 40.2 Å². The Morgan fingerprint density at radius 3 is 2.93 bits per heavy atom. The molecule has 1 amide bonds. The zero-order valence-electron chi connectivity index (χ0n) is 16.3. The maximum absolute atomic E-state index is 12.3. The van der Waals surface area contributed by atoms with E-state index in [1.807, 2.05) is 12.3 Å². The van der Waals surface area contributed by atoms with Gasteiger partial charge in [0.05, 0.1) is 19.0 Å². The molecule has 3 heterocycles. The van der Waals surface area contributed by atoms with Crippen molar-refractivity contribution in [3.05, 3.63) is 47.2 Å². The zero-order chi connectivity index (χ0) is 20.9. The molecule has 0 radical (unpaired) electrons. The lowest BCUT2D eigenvalue weighted by Gasteiger charge is -2.12. The Balaban J connectivity index is 1.36. The Bertz CT molecular complexity index is 1060. The van der Waals surface area contributed by atoms with Gasteiger partial charge in [-0.1, -0.05) is 11.8 Å². The first-order valence-electron chi connectivity index (χ1n) is 9.01. The van der Waals surface area contributed by atoms with Crippen LogP contribution in [0.5, 0.6) is 23.0 Å². The van der Waals surface area contributed by atoms with E-state index in [1.54, 1.807) is 53.6 Å². The molecule has 0 bridgehead atoms. The number of hydrogen-bond acceptors (Lipinski definition) is 9. The normalized spacial score (nSPS) is 11.9. The molecule has 1 aliphatic heterocycles. The molecule has 2 aromatic heterocycles. The molecule has 0 saturated carbocycles. The predicted molar refractivity (Wildman–Crippen MR) is 114 cm³/mol. The maximum Gasteiger partial charge on any atom is 0.262 e. The molecule has 10 heteroatoms. The molecule has 1 aliphatic rings. The lowest BCUT2D eigenvalue weighted by atomic mass is 10.3. The molecule has 156 valence electrons. The molecule has 1 aromatic carbocycles. The van der Waals surface area contributed by atoms with Crippen LogP contribution in [0.2, 0.25) is 0 Å². The Kier molecular flexibility index (Phi) is 6.24. The van der Waals surface area contributed by atoms with Gasteiger partial charge >= 0.3 is 0 Å². The number of ether oxygens (including phenoxy) is 4. The van der Waals surface area contributed by atoms with Crippen LogP contribution in [0.3, 0.4) is 0 Å². The van der Waals surface area contributed by atoms with Crippen LogP contribution >= 0.6 is 23.1 Å². The highest BCUT2D eigenvalue weighted by molar-refractivity contribution is 8.00. The lowest BCUT2D eigenvalue weighted by molar-refractivity contribution is -0.118. The van der Waals surface area contributed by atoms with Crippen molar-refractivity contribution in [1.82, 2.24) is 9.97 Å². The fourth-order valence-corrected chi connectivity index (χ4v) is 4.41. The fraction of sp³-hybridized carbons (Fsp3) is 0.250. The molecule has 0 spiro atoms. The molecule has 8 nitrogen and oxygen atoms in total. The van der Waals surface area contributed by atoms with Crippen molar-refractivity contribution in [2.24, 2.45) is 0 Å². The Labute approximate surface area is 181 Å². The summed E-state index contributed by atoms with van der Waals surface area (Å²) in [6, 6.07) is 6.98. The van der Waals surface area contributed by atoms with E-state index in [-0.39, 0.29) is 19.3 Å². The summed E-state index contributed by atoms with van der Waals surface area (Å²) < 4.78 is 22.6. The van der Waals surface area contributed by atoms with Crippen LogP contribution < -0.4 is 24.3 Å². The SMILES string of the molecule is COc1cnc(CSc2nc(C)cs2)cc1OCC(=O)Nc1ccc2c(c1)OCO2. The van der Waals surface area contributed by atoms with Crippen LogP contribution in [0.4, 0.5) is 5.69 Å². The van der Waals surface area contributed by atoms with Gasteiger partial charge in [0.25, 0.3) is 5.91 Å². The monoisotopic (exact) mass is 445 g/mol. The number of fused-ring (bicyclic) bond motifs is 1. The standard InChI is InChI=1S/C20H19N3O5S2/c1-12-9-29-20(22-12)30-10-14-6-17(18(25-2)7-21-14)26-8-19(24)23-13-3-4-15-16(5-13)28-11-27-15/h3-7,9H,8,10-11H2,1-2H3,(H,23,24). The largest absolute Gasteiger partial charge is 0.491 e. The average Bonchev–Trinajstić information content (AvgIpc) is 3.39. The molecule has 0 fully saturated rings. The number of anilines is 1. The van der Waals surface area contributed by atoms with Gasteiger partial charge in [0, 0.05) is 34.6 Å². The molecule has 3 aromatic rings. The van der Waals surface area contributed by atoms with Crippen molar-refractivity contribution in [3.63, 3.8) is 0 Å². The summed E-state index contributed by atoms with van der Waals surface area (Å²) in [5.41, 5.74) is 2.41. The zero-order valence-corrected chi connectivity index (χ0v) is 18.0. The van der Waals surface area contributed by atoms with E-state index in [0.717, 1.165) is 15.7 Å². The van der Waals surface area contributed by atoms with E-state index >= 15 is 0 Å². The Morgan fingerprint density at radius 1 is 1.27 bits per heavy atom.